The Morgan fingerprint density at radius 1 is 1.23 bits per heavy atom. The summed E-state index contributed by atoms with van der Waals surface area (Å²) in [6.07, 6.45) is -0.964. The standard InChI is InChI=1S/C14H14FN3S2.C2H6/c15-7-5-17-6-10-11(7)12(13(16)19-10)14-18-8-3-1-2-4-9(8)20-14;1-2/h1-4,7,14,17-18H,5-6,16H2;1-2H3. The van der Waals surface area contributed by atoms with E-state index in [1.54, 1.807) is 11.8 Å². The fourth-order valence-corrected chi connectivity index (χ4v) is 5.23. The summed E-state index contributed by atoms with van der Waals surface area (Å²) in [7, 11) is 0. The first kappa shape index (κ1) is 15.6. The van der Waals surface area contributed by atoms with Crippen LogP contribution in [0.1, 0.15) is 41.4 Å². The Bertz CT molecular complexity index is 646. The van der Waals surface area contributed by atoms with E-state index < -0.39 is 6.17 Å². The maximum absolute atomic E-state index is 14.3. The third kappa shape index (κ3) is 2.59. The Balaban J connectivity index is 0.000000693. The Morgan fingerprint density at radius 3 is 2.77 bits per heavy atom. The number of hydrogen-bond donors (Lipinski definition) is 3. The van der Waals surface area contributed by atoms with Crippen molar-refractivity contribution in [2.75, 3.05) is 17.6 Å². The van der Waals surface area contributed by atoms with Crippen LogP contribution in [-0.2, 0) is 6.54 Å². The van der Waals surface area contributed by atoms with Gasteiger partial charge in [0.2, 0.25) is 0 Å². The number of fused-ring (bicyclic) bond motifs is 2. The zero-order valence-corrected chi connectivity index (χ0v) is 14.3. The van der Waals surface area contributed by atoms with Crippen molar-refractivity contribution in [2.45, 2.75) is 36.8 Å². The number of thioether (sulfide) groups is 1. The lowest BCUT2D eigenvalue weighted by molar-refractivity contribution is 0.311. The number of rotatable bonds is 1. The van der Waals surface area contributed by atoms with Crippen LogP contribution in [0.15, 0.2) is 29.2 Å². The first-order valence-corrected chi connectivity index (χ1v) is 9.21. The van der Waals surface area contributed by atoms with E-state index in [4.69, 9.17) is 5.73 Å². The average molecular weight is 337 g/mol. The van der Waals surface area contributed by atoms with Crippen molar-refractivity contribution in [3.05, 3.63) is 40.3 Å². The molecule has 0 radical (unpaired) electrons. The first-order valence-electron chi connectivity index (χ1n) is 7.52. The Labute approximate surface area is 138 Å². The molecule has 2 aliphatic rings. The lowest BCUT2D eigenvalue weighted by Crippen LogP contribution is -2.25. The van der Waals surface area contributed by atoms with Gasteiger partial charge in [-0.2, -0.15) is 0 Å². The number of anilines is 2. The van der Waals surface area contributed by atoms with Crippen LogP contribution >= 0.6 is 23.1 Å². The summed E-state index contributed by atoms with van der Waals surface area (Å²) in [4.78, 5) is 2.23. The maximum Gasteiger partial charge on any atom is 0.139 e. The molecule has 3 heterocycles. The second-order valence-electron chi connectivity index (χ2n) is 4.95. The van der Waals surface area contributed by atoms with Crippen LogP contribution in [0.25, 0.3) is 0 Å². The second kappa shape index (κ2) is 6.48. The van der Waals surface area contributed by atoms with Crippen molar-refractivity contribution < 1.29 is 4.39 Å². The van der Waals surface area contributed by atoms with Gasteiger partial charge in [0.25, 0.3) is 0 Å². The maximum atomic E-state index is 14.3. The van der Waals surface area contributed by atoms with Crippen molar-refractivity contribution in [3.63, 3.8) is 0 Å². The van der Waals surface area contributed by atoms with E-state index in [-0.39, 0.29) is 5.37 Å². The van der Waals surface area contributed by atoms with Gasteiger partial charge >= 0.3 is 0 Å². The molecule has 1 aromatic carbocycles. The van der Waals surface area contributed by atoms with Crippen molar-refractivity contribution in [2.24, 2.45) is 0 Å². The van der Waals surface area contributed by atoms with Crippen LogP contribution < -0.4 is 16.4 Å². The molecule has 3 nitrogen and oxygen atoms in total. The van der Waals surface area contributed by atoms with E-state index >= 15 is 0 Å². The van der Waals surface area contributed by atoms with Gasteiger partial charge in [0.15, 0.2) is 0 Å². The molecule has 0 saturated heterocycles. The van der Waals surface area contributed by atoms with Crippen molar-refractivity contribution in [1.29, 1.82) is 0 Å². The highest BCUT2D eigenvalue weighted by Crippen LogP contribution is 2.52. The summed E-state index contributed by atoms with van der Waals surface area (Å²) in [5.41, 5.74) is 9.03. The van der Waals surface area contributed by atoms with Gasteiger partial charge in [-0.15, -0.1) is 11.3 Å². The molecule has 1 aromatic heterocycles. The number of nitrogen functional groups attached to an aromatic ring is 1. The summed E-state index contributed by atoms with van der Waals surface area (Å²) < 4.78 is 14.3. The molecule has 4 N–H and O–H groups in total. The Kier molecular flexibility index (Phi) is 4.61. The molecule has 0 amide bonds. The largest absolute Gasteiger partial charge is 0.390 e. The number of halogens is 1. The average Bonchev–Trinajstić information content (AvgIpc) is 3.09. The lowest BCUT2D eigenvalue weighted by Gasteiger charge is -2.21. The zero-order valence-electron chi connectivity index (χ0n) is 12.7. The van der Waals surface area contributed by atoms with Gasteiger partial charge in [0.1, 0.15) is 11.5 Å². The van der Waals surface area contributed by atoms with Crippen molar-refractivity contribution in [3.8, 4) is 0 Å². The molecule has 0 saturated carbocycles. The molecular weight excluding hydrogens is 317 g/mol. The third-order valence-corrected chi connectivity index (χ3v) is 5.94. The summed E-state index contributed by atoms with van der Waals surface area (Å²) in [5, 5.41) is 7.30. The van der Waals surface area contributed by atoms with Crippen LogP contribution in [0.5, 0.6) is 0 Å². The van der Waals surface area contributed by atoms with E-state index in [9.17, 15) is 4.39 Å². The fraction of sp³-hybridized carbons (Fsp3) is 0.375. The second-order valence-corrected chi connectivity index (χ2v) is 7.24. The van der Waals surface area contributed by atoms with Gasteiger partial charge in [-0.05, 0) is 12.1 Å². The fourth-order valence-electron chi connectivity index (χ4n) is 2.80. The summed E-state index contributed by atoms with van der Waals surface area (Å²) in [6.45, 7) is 5.09. The van der Waals surface area contributed by atoms with Gasteiger partial charge in [0.05, 0.1) is 5.00 Å². The van der Waals surface area contributed by atoms with E-state index in [1.807, 2.05) is 32.0 Å². The first-order chi connectivity index (χ1) is 10.7. The van der Waals surface area contributed by atoms with Gasteiger partial charge < -0.3 is 16.4 Å². The minimum Gasteiger partial charge on any atom is -0.390 e. The van der Waals surface area contributed by atoms with Crippen molar-refractivity contribution >= 4 is 33.8 Å². The molecule has 2 aliphatic heterocycles. The molecule has 2 unspecified atom stereocenters. The number of alkyl halides is 1. The van der Waals surface area contributed by atoms with Gasteiger partial charge in [0, 0.05) is 39.7 Å². The third-order valence-electron chi connectivity index (χ3n) is 3.69. The summed E-state index contributed by atoms with van der Waals surface area (Å²) in [6, 6.07) is 8.15. The monoisotopic (exact) mass is 337 g/mol. The van der Waals surface area contributed by atoms with E-state index in [0.717, 1.165) is 33.2 Å². The predicted molar refractivity (Wildman–Crippen MR) is 94.3 cm³/mol. The smallest absolute Gasteiger partial charge is 0.139 e. The highest BCUT2D eigenvalue weighted by molar-refractivity contribution is 8.00. The number of nitrogens with one attached hydrogen (secondary N) is 2. The minimum absolute atomic E-state index is 0.0174. The SMILES string of the molecule is CC.Nc1sc2c(c1C1Nc3ccccc3S1)C(F)CNC2. The van der Waals surface area contributed by atoms with Gasteiger partial charge in [-0.1, -0.05) is 37.7 Å². The molecule has 0 bridgehead atoms. The quantitative estimate of drug-likeness (QED) is 0.707. The van der Waals surface area contributed by atoms with Gasteiger partial charge in [-0.3, -0.25) is 0 Å². The van der Waals surface area contributed by atoms with Crippen LogP contribution in [0, 0.1) is 0 Å². The summed E-state index contributed by atoms with van der Waals surface area (Å²) in [5.74, 6) is 0. The zero-order chi connectivity index (χ0) is 15.7. The predicted octanol–water partition coefficient (Wildman–Crippen LogP) is 4.69. The van der Waals surface area contributed by atoms with E-state index in [2.05, 4.69) is 16.7 Å². The van der Waals surface area contributed by atoms with Gasteiger partial charge in [-0.25, -0.2) is 4.39 Å². The molecular formula is C16H20FN3S2. The topological polar surface area (TPSA) is 50.1 Å². The highest BCUT2D eigenvalue weighted by atomic mass is 32.2. The van der Waals surface area contributed by atoms with Crippen LogP contribution in [0.2, 0.25) is 0 Å². The lowest BCUT2D eigenvalue weighted by atomic mass is 10.0. The van der Waals surface area contributed by atoms with Crippen molar-refractivity contribution in [1.82, 2.24) is 5.32 Å². The Hall–Kier alpha value is -1.24. The highest BCUT2D eigenvalue weighted by Gasteiger charge is 2.34. The molecule has 0 aliphatic carbocycles. The van der Waals surface area contributed by atoms with Crippen LogP contribution in [-0.4, -0.2) is 6.54 Å². The normalized spacial score (nSPS) is 22.1. The Morgan fingerprint density at radius 2 is 2.00 bits per heavy atom. The van der Waals surface area contributed by atoms with Crippen LogP contribution in [0.4, 0.5) is 15.1 Å². The molecule has 2 atom stereocenters. The molecule has 4 rings (SSSR count). The van der Waals surface area contributed by atoms with Crippen LogP contribution in [0.3, 0.4) is 0 Å². The molecule has 6 heteroatoms. The molecule has 118 valence electrons. The summed E-state index contributed by atoms with van der Waals surface area (Å²) >= 11 is 3.22. The molecule has 0 fully saturated rings. The number of para-hydroxylation sites is 1. The number of hydrogen-bond acceptors (Lipinski definition) is 5. The molecule has 22 heavy (non-hydrogen) atoms. The molecule has 0 spiro atoms. The number of thiophene rings is 1. The number of benzene rings is 1. The van der Waals surface area contributed by atoms with E-state index in [1.165, 1.54) is 16.2 Å². The van der Waals surface area contributed by atoms with E-state index in [0.29, 0.717) is 6.54 Å². The number of nitrogens with two attached hydrogens (primary N) is 1. The minimum atomic E-state index is -0.964. The molecule has 2 aromatic rings.